The van der Waals surface area contributed by atoms with Crippen LogP contribution in [-0.2, 0) is 4.79 Å². The van der Waals surface area contributed by atoms with Crippen LogP contribution in [0, 0.1) is 29.0 Å². The number of piperidine rings is 1. The fourth-order valence-electron chi connectivity index (χ4n) is 4.59. The highest BCUT2D eigenvalue weighted by Crippen LogP contribution is 2.56. The maximum Gasteiger partial charge on any atom is 0.248 e. The van der Waals surface area contributed by atoms with E-state index in [1.54, 1.807) is 24.3 Å². The number of benzene rings is 2. The van der Waals surface area contributed by atoms with E-state index in [1.165, 1.54) is 24.5 Å². The second-order valence-electron chi connectivity index (χ2n) is 8.94. The summed E-state index contributed by atoms with van der Waals surface area (Å²) in [6.45, 7) is 1.73. The molecule has 1 saturated heterocycles. The van der Waals surface area contributed by atoms with Gasteiger partial charge in [0.05, 0.1) is 34.1 Å². The third-order valence-electron chi connectivity index (χ3n) is 6.37. The standard InChI is InChI=1S/C26H23ClFN5O2/c1-33-13-17-12-26(17,14-33)8-7-16-10-22-18(11-21(16)31-23(35)6-3-9-34)25(30-15-29-22)32-20-5-2-4-19(27)24(20)28/h2-6,10-11,15,17,34H,9,12-14H2,1H3,(H,31,35)(H,29,30,32)/b6-3+/t17-,26+/m1/s1. The molecule has 1 aliphatic carbocycles. The van der Waals surface area contributed by atoms with Crippen LogP contribution in [0.3, 0.4) is 0 Å². The SMILES string of the molecule is CN1C[C@H]2C[C@@]2(C#Cc2cc3ncnc(Nc4cccc(Cl)c4F)c3cc2NC(=O)/C=C/CO)C1. The summed E-state index contributed by atoms with van der Waals surface area (Å²) in [6, 6.07) is 8.17. The topological polar surface area (TPSA) is 90.4 Å². The molecule has 7 nitrogen and oxygen atoms in total. The number of aromatic nitrogens is 2. The van der Waals surface area contributed by atoms with Crippen molar-refractivity contribution in [2.45, 2.75) is 6.42 Å². The third-order valence-corrected chi connectivity index (χ3v) is 6.67. The molecule has 2 aromatic carbocycles. The van der Waals surface area contributed by atoms with Crippen molar-refractivity contribution < 1.29 is 14.3 Å². The molecule has 2 aliphatic rings. The molecule has 9 heteroatoms. The molecule has 0 spiro atoms. The first kappa shape index (κ1) is 23.2. The van der Waals surface area contributed by atoms with E-state index in [0.29, 0.717) is 33.9 Å². The predicted octanol–water partition coefficient (Wildman–Crippen LogP) is 3.96. The number of rotatable bonds is 5. The first-order valence-corrected chi connectivity index (χ1v) is 11.6. The molecule has 35 heavy (non-hydrogen) atoms. The van der Waals surface area contributed by atoms with Crippen molar-refractivity contribution in [3.63, 3.8) is 0 Å². The maximum atomic E-state index is 14.5. The smallest absolute Gasteiger partial charge is 0.248 e. The van der Waals surface area contributed by atoms with Gasteiger partial charge in [0.25, 0.3) is 0 Å². The number of nitrogens with zero attached hydrogens (tertiary/aromatic N) is 3. The van der Waals surface area contributed by atoms with Gasteiger partial charge in [-0.2, -0.15) is 0 Å². The zero-order valence-electron chi connectivity index (χ0n) is 19.0. The van der Waals surface area contributed by atoms with E-state index in [1.807, 2.05) is 0 Å². The number of likely N-dealkylation sites (tertiary alicyclic amines) is 1. The summed E-state index contributed by atoms with van der Waals surface area (Å²) in [5, 5.41) is 15.4. The largest absolute Gasteiger partial charge is 0.392 e. The summed E-state index contributed by atoms with van der Waals surface area (Å²) in [7, 11) is 2.10. The second-order valence-corrected chi connectivity index (χ2v) is 9.35. The number of carbonyl (C=O) groups is 1. The Morgan fingerprint density at radius 1 is 1.37 bits per heavy atom. The number of nitrogens with one attached hydrogen (secondary N) is 2. The molecule has 3 aromatic rings. The summed E-state index contributed by atoms with van der Waals surface area (Å²) in [5.41, 5.74) is 1.86. The second kappa shape index (κ2) is 9.27. The van der Waals surface area contributed by atoms with Gasteiger partial charge in [0.15, 0.2) is 5.82 Å². The Morgan fingerprint density at radius 2 is 2.23 bits per heavy atom. The highest BCUT2D eigenvalue weighted by Gasteiger charge is 2.58. The van der Waals surface area contributed by atoms with Gasteiger partial charge < -0.3 is 20.6 Å². The van der Waals surface area contributed by atoms with Gasteiger partial charge in [-0.05, 0) is 43.7 Å². The molecule has 178 valence electrons. The molecule has 1 amide bonds. The Morgan fingerprint density at radius 3 is 3.00 bits per heavy atom. The van der Waals surface area contributed by atoms with Gasteiger partial charge in [0.2, 0.25) is 5.91 Å². The lowest BCUT2D eigenvalue weighted by atomic mass is 10.0. The normalized spacial score (nSPS) is 21.0. The van der Waals surface area contributed by atoms with E-state index in [9.17, 15) is 9.18 Å². The zero-order chi connectivity index (χ0) is 24.6. The van der Waals surface area contributed by atoms with E-state index < -0.39 is 11.7 Å². The minimum atomic E-state index is -0.592. The first-order valence-electron chi connectivity index (χ1n) is 11.2. The molecule has 0 radical (unpaired) electrons. The van der Waals surface area contributed by atoms with E-state index in [2.05, 4.69) is 44.4 Å². The van der Waals surface area contributed by atoms with Crippen LogP contribution in [0.25, 0.3) is 10.9 Å². The van der Waals surface area contributed by atoms with Crippen LogP contribution in [0.1, 0.15) is 12.0 Å². The Balaban J connectivity index is 1.56. The molecule has 2 heterocycles. The van der Waals surface area contributed by atoms with Crippen molar-refractivity contribution >= 4 is 45.6 Å². The number of amides is 1. The highest BCUT2D eigenvalue weighted by molar-refractivity contribution is 6.31. The van der Waals surface area contributed by atoms with Crippen LogP contribution in [0.2, 0.25) is 5.02 Å². The number of aliphatic hydroxyl groups is 1. The van der Waals surface area contributed by atoms with E-state index in [4.69, 9.17) is 16.7 Å². The average molecular weight is 492 g/mol. The number of hydrogen-bond acceptors (Lipinski definition) is 6. The van der Waals surface area contributed by atoms with Crippen molar-refractivity contribution in [2.24, 2.45) is 11.3 Å². The van der Waals surface area contributed by atoms with Crippen LogP contribution in [-0.4, -0.2) is 52.6 Å². The number of halogens is 2. The Hall–Kier alpha value is -3.51. The highest BCUT2D eigenvalue weighted by atomic mass is 35.5. The van der Waals surface area contributed by atoms with Gasteiger partial charge in [-0.25, -0.2) is 14.4 Å². The minimum absolute atomic E-state index is 0.00424. The quantitative estimate of drug-likeness (QED) is 0.370. The molecular formula is C26H23ClFN5O2. The number of carbonyl (C=O) groups excluding carboxylic acids is 1. The van der Waals surface area contributed by atoms with Gasteiger partial charge in [-0.15, -0.1) is 0 Å². The summed E-state index contributed by atoms with van der Waals surface area (Å²) in [5.74, 6) is 6.66. The summed E-state index contributed by atoms with van der Waals surface area (Å²) in [4.78, 5) is 23.3. The fraction of sp³-hybridized carbons (Fsp3) is 0.269. The van der Waals surface area contributed by atoms with Crippen molar-refractivity contribution in [3.8, 4) is 11.8 Å². The van der Waals surface area contributed by atoms with Crippen LogP contribution in [0.4, 0.5) is 21.6 Å². The van der Waals surface area contributed by atoms with Gasteiger partial charge in [-0.1, -0.05) is 35.6 Å². The molecule has 3 N–H and O–H groups in total. The van der Waals surface area contributed by atoms with Gasteiger partial charge >= 0.3 is 0 Å². The van der Waals surface area contributed by atoms with E-state index in [-0.39, 0.29) is 22.7 Å². The molecule has 0 unspecified atom stereocenters. The number of hydrogen-bond donors (Lipinski definition) is 3. The van der Waals surface area contributed by atoms with Crippen LogP contribution < -0.4 is 10.6 Å². The summed E-state index contributed by atoms with van der Waals surface area (Å²) < 4.78 is 14.5. The maximum absolute atomic E-state index is 14.5. The molecule has 2 fully saturated rings. The van der Waals surface area contributed by atoms with Crippen LogP contribution >= 0.6 is 11.6 Å². The number of anilines is 3. The monoisotopic (exact) mass is 491 g/mol. The van der Waals surface area contributed by atoms with E-state index >= 15 is 0 Å². The molecule has 1 aliphatic heterocycles. The molecule has 2 atom stereocenters. The third kappa shape index (κ3) is 4.71. The Bertz CT molecular complexity index is 1420. The van der Waals surface area contributed by atoms with Gasteiger partial charge in [0.1, 0.15) is 12.1 Å². The fourth-order valence-corrected chi connectivity index (χ4v) is 4.77. The Kier molecular flexibility index (Phi) is 6.15. The van der Waals surface area contributed by atoms with E-state index in [0.717, 1.165) is 19.5 Å². The Labute approximate surface area is 207 Å². The molecule has 5 rings (SSSR count). The zero-order valence-corrected chi connectivity index (χ0v) is 19.7. The minimum Gasteiger partial charge on any atom is -0.392 e. The lowest BCUT2D eigenvalue weighted by Gasteiger charge is -2.13. The van der Waals surface area contributed by atoms with Crippen molar-refractivity contribution in [1.29, 1.82) is 0 Å². The van der Waals surface area contributed by atoms with Crippen molar-refractivity contribution in [2.75, 3.05) is 37.4 Å². The summed E-state index contributed by atoms with van der Waals surface area (Å²) >= 11 is 5.92. The molecule has 1 aromatic heterocycles. The lowest BCUT2D eigenvalue weighted by molar-refractivity contribution is -0.111. The van der Waals surface area contributed by atoms with Crippen LogP contribution in [0.15, 0.2) is 48.8 Å². The molecule has 1 saturated carbocycles. The van der Waals surface area contributed by atoms with Crippen molar-refractivity contribution in [3.05, 3.63) is 65.2 Å². The molecule has 0 bridgehead atoms. The average Bonchev–Trinajstić information content (AvgIpc) is 3.40. The van der Waals surface area contributed by atoms with Gasteiger partial charge in [-0.3, -0.25) is 4.79 Å². The lowest BCUT2D eigenvalue weighted by Crippen LogP contribution is -2.19. The first-order chi connectivity index (χ1) is 16.9. The number of fused-ring (bicyclic) bond motifs is 2. The number of aliphatic hydroxyl groups excluding tert-OH is 1. The predicted molar refractivity (Wildman–Crippen MR) is 134 cm³/mol. The molecular weight excluding hydrogens is 469 g/mol. The van der Waals surface area contributed by atoms with Crippen LogP contribution in [0.5, 0.6) is 0 Å². The van der Waals surface area contributed by atoms with Crippen molar-refractivity contribution in [1.82, 2.24) is 14.9 Å². The van der Waals surface area contributed by atoms with Gasteiger partial charge in [0, 0.05) is 30.0 Å². The summed E-state index contributed by atoms with van der Waals surface area (Å²) in [6.07, 6.45) is 5.07.